The van der Waals surface area contributed by atoms with Crippen LogP contribution in [0.25, 0.3) is 0 Å². The smallest absolute Gasteiger partial charge is 0.328 e. The van der Waals surface area contributed by atoms with E-state index in [1.54, 1.807) is 27.7 Å². The number of carbonyl (C=O) groups is 4. The third kappa shape index (κ3) is 7.27. The van der Waals surface area contributed by atoms with Crippen molar-refractivity contribution in [1.29, 1.82) is 5.26 Å². The Morgan fingerprint density at radius 1 is 1.09 bits per heavy atom. The molecule has 32 heavy (non-hydrogen) atoms. The van der Waals surface area contributed by atoms with Gasteiger partial charge in [-0.05, 0) is 52.7 Å². The molecule has 0 aromatic heterocycles. The van der Waals surface area contributed by atoms with Gasteiger partial charge in [-0.2, -0.15) is 5.26 Å². The van der Waals surface area contributed by atoms with Crippen LogP contribution in [0.3, 0.4) is 0 Å². The molecule has 8 heteroatoms. The second-order valence-electron chi connectivity index (χ2n) is 8.30. The van der Waals surface area contributed by atoms with Crippen LogP contribution in [0.2, 0.25) is 0 Å². The van der Waals surface area contributed by atoms with Crippen LogP contribution in [0.4, 0.5) is 0 Å². The third-order valence-corrected chi connectivity index (χ3v) is 4.63. The van der Waals surface area contributed by atoms with E-state index in [0.717, 1.165) is 0 Å². The van der Waals surface area contributed by atoms with Crippen LogP contribution in [0.5, 0.6) is 0 Å². The number of ketones is 2. The van der Waals surface area contributed by atoms with Gasteiger partial charge in [-0.15, -0.1) is 0 Å². The quantitative estimate of drug-likeness (QED) is 0.208. The second kappa shape index (κ2) is 12.1. The third-order valence-electron chi connectivity index (χ3n) is 4.63. The summed E-state index contributed by atoms with van der Waals surface area (Å²) in [6, 6.07) is 7.75. The van der Waals surface area contributed by atoms with Crippen molar-refractivity contribution in [1.82, 2.24) is 0 Å². The van der Waals surface area contributed by atoms with Gasteiger partial charge in [0, 0.05) is 19.1 Å². The zero-order valence-corrected chi connectivity index (χ0v) is 19.4. The van der Waals surface area contributed by atoms with Crippen molar-refractivity contribution in [2.24, 2.45) is 5.41 Å². The lowest BCUT2D eigenvalue weighted by atomic mass is 9.72. The predicted molar refractivity (Wildman–Crippen MR) is 116 cm³/mol. The van der Waals surface area contributed by atoms with Crippen LogP contribution < -0.4 is 0 Å². The first-order valence-electron chi connectivity index (χ1n) is 10.5. The fourth-order valence-electron chi connectivity index (χ4n) is 3.18. The van der Waals surface area contributed by atoms with E-state index in [1.165, 1.54) is 31.4 Å². The van der Waals surface area contributed by atoms with Crippen molar-refractivity contribution >= 4 is 23.5 Å². The molecule has 0 heterocycles. The number of carbonyl (C=O) groups excluding carboxylic acids is 4. The molecule has 1 aromatic rings. The molecule has 0 fully saturated rings. The molecule has 1 atom stereocenters. The van der Waals surface area contributed by atoms with E-state index in [9.17, 15) is 24.4 Å². The number of Topliss-reactive ketones (excluding diaryl/α,β-unsaturated/α-hetero) is 2. The fourth-order valence-corrected chi connectivity index (χ4v) is 3.18. The van der Waals surface area contributed by atoms with Gasteiger partial charge in [0.1, 0.15) is 12.2 Å². The van der Waals surface area contributed by atoms with Gasteiger partial charge in [-0.3, -0.25) is 19.2 Å². The summed E-state index contributed by atoms with van der Waals surface area (Å²) in [6.07, 6.45) is 0.459. The highest BCUT2D eigenvalue weighted by Crippen LogP contribution is 2.35. The van der Waals surface area contributed by atoms with E-state index in [4.69, 9.17) is 14.2 Å². The topological polar surface area (TPSA) is 120 Å². The number of hydrogen-bond donors (Lipinski definition) is 0. The molecule has 8 nitrogen and oxygen atoms in total. The minimum absolute atomic E-state index is 0.0461. The molecule has 0 N–H and O–H groups in total. The molecular formula is C24H31NO7. The molecular weight excluding hydrogens is 414 g/mol. The zero-order valence-electron chi connectivity index (χ0n) is 19.4. The van der Waals surface area contributed by atoms with Gasteiger partial charge in [-0.25, -0.2) is 0 Å². The molecule has 0 aliphatic heterocycles. The lowest BCUT2D eigenvalue weighted by Gasteiger charge is -2.32. The molecule has 0 amide bonds. The first kappa shape index (κ1) is 27.0. The van der Waals surface area contributed by atoms with Crippen LogP contribution in [0, 0.1) is 16.7 Å². The molecule has 0 bridgehead atoms. The number of ether oxygens (including phenoxy) is 3. The number of nitriles is 1. The summed E-state index contributed by atoms with van der Waals surface area (Å²) < 4.78 is 15.4. The minimum atomic E-state index is -2.16. The van der Waals surface area contributed by atoms with Crippen molar-refractivity contribution in [2.75, 3.05) is 20.3 Å². The molecule has 174 valence electrons. The van der Waals surface area contributed by atoms with Crippen LogP contribution >= 0.6 is 0 Å². The lowest BCUT2D eigenvalue weighted by Crippen LogP contribution is -2.51. The molecule has 0 saturated heterocycles. The van der Waals surface area contributed by atoms with E-state index in [-0.39, 0.29) is 37.0 Å². The van der Waals surface area contributed by atoms with E-state index in [2.05, 4.69) is 0 Å². The minimum Gasteiger partial charge on any atom is -0.466 e. The Hall–Kier alpha value is -3.05. The van der Waals surface area contributed by atoms with Crippen molar-refractivity contribution < 1.29 is 33.4 Å². The highest BCUT2D eigenvalue weighted by atomic mass is 16.6. The van der Waals surface area contributed by atoms with Gasteiger partial charge in [0.15, 0.2) is 17.0 Å². The number of rotatable bonds is 12. The molecule has 1 rings (SSSR count). The van der Waals surface area contributed by atoms with E-state index in [0.29, 0.717) is 6.42 Å². The first-order chi connectivity index (χ1) is 15.0. The summed E-state index contributed by atoms with van der Waals surface area (Å²) in [5, 5.41) is 9.19. The summed E-state index contributed by atoms with van der Waals surface area (Å²) in [5.41, 5.74) is -2.85. The maximum Gasteiger partial charge on any atom is 0.328 e. The standard InChI is InChI=1S/C24H31NO7/c1-6-31-20(27)12-7-8-13-24(19(26)16-30-5,22(29)32-23(2,3)4)21(28)18-11-9-10-17(14-18)15-25/h9-11,14H,6-8,12-13,16H2,1-5H3. The number of benzene rings is 1. The molecule has 0 spiro atoms. The van der Waals surface area contributed by atoms with Crippen LogP contribution in [-0.2, 0) is 28.6 Å². The predicted octanol–water partition coefficient (Wildman–Crippen LogP) is 3.41. The summed E-state index contributed by atoms with van der Waals surface area (Å²) >= 11 is 0. The summed E-state index contributed by atoms with van der Waals surface area (Å²) in [5.74, 6) is -2.87. The Morgan fingerprint density at radius 3 is 2.34 bits per heavy atom. The SMILES string of the molecule is CCOC(=O)CCCCC(C(=O)COC)(C(=O)OC(C)(C)C)C(=O)c1cccc(C#N)c1. The van der Waals surface area contributed by atoms with E-state index in [1.807, 2.05) is 6.07 Å². The van der Waals surface area contributed by atoms with Gasteiger partial charge < -0.3 is 14.2 Å². The Morgan fingerprint density at radius 2 is 1.78 bits per heavy atom. The maximum atomic E-state index is 13.6. The maximum absolute atomic E-state index is 13.6. The van der Waals surface area contributed by atoms with Gasteiger partial charge in [0.25, 0.3) is 0 Å². The van der Waals surface area contributed by atoms with Crippen molar-refractivity contribution in [3.05, 3.63) is 35.4 Å². The Bertz CT molecular complexity index is 879. The summed E-state index contributed by atoms with van der Waals surface area (Å²) in [6.45, 7) is 6.39. The monoisotopic (exact) mass is 445 g/mol. The Balaban J connectivity index is 3.41. The average molecular weight is 446 g/mol. The number of unbranched alkanes of at least 4 members (excludes halogenated alkanes) is 1. The largest absolute Gasteiger partial charge is 0.466 e. The normalized spacial score (nSPS) is 12.9. The average Bonchev–Trinajstić information content (AvgIpc) is 2.72. The lowest BCUT2D eigenvalue weighted by molar-refractivity contribution is -0.168. The highest BCUT2D eigenvalue weighted by molar-refractivity contribution is 6.27. The molecule has 0 saturated carbocycles. The summed E-state index contributed by atoms with van der Waals surface area (Å²) in [4.78, 5) is 51.8. The van der Waals surface area contributed by atoms with Crippen LogP contribution in [0.1, 0.15) is 69.3 Å². The summed E-state index contributed by atoms with van der Waals surface area (Å²) in [7, 11) is 1.29. The molecule has 1 aromatic carbocycles. The highest BCUT2D eigenvalue weighted by Gasteiger charge is 2.54. The molecule has 0 aliphatic rings. The number of methoxy groups -OCH3 is 1. The van der Waals surface area contributed by atoms with Crippen molar-refractivity contribution in [3.63, 3.8) is 0 Å². The fraction of sp³-hybridized carbons (Fsp3) is 0.542. The zero-order chi connectivity index (χ0) is 24.4. The van der Waals surface area contributed by atoms with Crippen LogP contribution in [-0.4, -0.2) is 49.4 Å². The molecule has 0 aliphatic carbocycles. The number of esters is 2. The van der Waals surface area contributed by atoms with Gasteiger partial charge in [0.05, 0.1) is 18.2 Å². The molecule has 0 radical (unpaired) electrons. The number of nitrogens with zero attached hydrogens (tertiary/aromatic N) is 1. The van der Waals surface area contributed by atoms with Crippen LogP contribution in [0.15, 0.2) is 24.3 Å². The van der Waals surface area contributed by atoms with Crippen molar-refractivity contribution in [2.45, 2.75) is 59.0 Å². The van der Waals surface area contributed by atoms with Gasteiger partial charge in [0.2, 0.25) is 0 Å². The van der Waals surface area contributed by atoms with E-state index < -0.39 is 41.1 Å². The van der Waals surface area contributed by atoms with Gasteiger partial charge >= 0.3 is 11.9 Å². The molecule has 1 unspecified atom stereocenters. The second-order valence-corrected chi connectivity index (χ2v) is 8.30. The van der Waals surface area contributed by atoms with Crippen molar-refractivity contribution in [3.8, 4) is 6.07 Å². The Kier molecular flexibility index (Phi) is 10.2. The number of hydrogen-bond acceptors (Lipinski definition) is 8. The first-order valence-corrected chi connectivity index (χ1v) is 10.5. The Labute approximate surface area is 188 Å². The van der Waals surface area contributed by atoms with E-state index >= 15 is 0 Å². The van der Waals surface area contributed by atoms with Gasteiger partial charge in [-0.1, -0.05) is 18.6 Å².